The highest BCUT2D eigenvalue weighted by atomic mass is 16.4. The van der Waals surface area contributed by atoms with Crippen molar-refractivity contribution in [3.8, 4) is 0 Å². The molecule has 0 heterocycles. The number of aliphatic carboxylic acids is 1. The quantitative estimate of drug-likeness (QED) is 0.690. The van der Waals surface area contributed by atoms with Gasteiger partial charge in [0.2, 0.25) is 0 Å². The number of carbonyl (C=O) groups is 1. The summed E-state index contributed by atoms with van der Waals surface area (Å²) in [7, 11) is 0. The molecule has 0 aromatic heterocycles. The average molecular weight is 187 g/mol. The summed E-state index contributed by atoms with van der Waals surface area (Å²) in [4.78, 5) is 10.7. The van der Waals surface area contributed by atoms with Crippen LogP contribution in [0.5, 0.6) is 0 Å². The third kappa shape index (κ3) is 2.99. The van der Waals surface area contributed by atoms with Gasteiger partial charge in [-0.3, -0.25) is 4.79 Å². The Morgan fingerprint density at radius 3 is 2.31 bits per heavy atom. The Morgan fingerprint density at radius 2 is 2.00 bits per heavy atom. The summed E-state index contributed by atoms with van der Waals surface area (Å²) in [6, 6.07) is -0.769. The lowest BCUT2D eigenvalue weighted by Gasteiger charge is -2.34. The molecule has 2 unspecified atom stereocenters. The molecule has 3 N–H and O–H groups in total. The highest BCUT2D eigenvalue weighted by molar-refractivity contribution is 5.74. The van der Waals surface area contributed by atoms with Gasteiger partial charge in [0.25, 0.3) is 0 Å². The fourth-order valence-electron chi connectivity index (χ4n) is 1.43. The second-order valence-corrected chi connectivity index (χ2v) is 4.33. The summed E-state index contributed by atoms with van der Waals surface area (Å²) in [6.07, 6.45) is 2.09. The first-order chi connectivity index (χ1) is 5.84. The Bertz CT molecular complexity index is 178. The average Bonchev–Trinajstić information content (AvgIpc) is 2.03. The lowest BCUT2D eigenvalue weighted by atomic mass is 9.72. The number of carboxylic acids is 1. The van der Waals surface area contributed by atoms with Crippen LogP contribution in [0.2, 0.25) is 0 Å². The van der Waals surface area contributed by atoms with E-state index >= 15 is 0 Å². The minimum Gasteiger partial charge on any atom is -0.480 e. The van der Waals surface area contributed by atoms with Crippen molar-refractivity contribution >= 4 is 5.97 Å². The molecule has 0 aliphatic carbocycles. The molecular formula is C10H21NO2. The second kappa shape index (κ2) is 4.61. The Labute approximate surface area is 80.3 Å². The number of hydrogen-bond donors (Lipinski definition) is 2. The molecule has 2 atom stereocenters. The second-order valence-electron chi connectivity index (χ2n) is 4.33. The normalized spacial score (nSPS) is 16.7. The summed E-state index contributed by atoms with van der Waals surface area (Å²) in [5.41, 5.74) is 5.29. The van der Waals surface area contributed by atoms with Gasteiger partial charge in [-0.25, -0.2) is 0 Å². The van der Waals surface area contributed by atoms with Gasteiger partial charge in [0.1, 0.15) is 6.04 Å². The molecule has 0 fully saturated rings. The molecule has 0 aromatic carbocycles. The van der Waals surface area contributed by atoms with Gasteiger partial charge >= 0.3 is 5.97 Å². The maximum atomic E-state index is 10.7. The zero-order valence-corrected chi connectivity index (χ0v) is 9.00. The first kappa shape index (κ1) is 12.4. The Morgan fingerprint density at radius 1 is 1.54 bits per heavy atom. The van der Waals surface area contributed by atoms with E-state index < -0.39 is 12.0 Å². The van der Waals surface area contributed by atoms with Crippen molar-refractivity contribution < 1.29 is 9.90 Å². The molecular weight excluding hydrogens is 166 g/mol. The predicted octanol–water partition coefficient (Wildman–Crippen LogP) is 1.86. The highest BCUT2D eigenvalue weighted by Gasteiger charge is 2.36. The third-order valence-corrected chi connectivity index (χ3v) is 3.06. The van der Waals surface area contributed by atoms with Crippen LogP contribution in [0.25, 0.3) is 0 Å². The van der Waals surface area contributed by atoms with Crippen LogP contribution in [0, 0.1) is 11.3 Å². The fourth-order valence-corrected chi connectivity index (χ4v) is 1.43. The van der Waals surface area contributed by atoms with Gasteiger partial charge < -0.3 is 10.8 Å². The van der Waals surface area contributed by atoms with Gasteiger partial charge in [0.05, 0.1) is 0 Å². The molecule has 0 aromatic rings. The van der Waals surface area contributed by atoms with Gasteiger partial charge in [0, 0.05) is 0 Å². The topological polar surface area (TPSA) is 63.3 Å². The first-order valence-electron chi connectivity index (χ1n) is 4.82. The van der Waals surface area contributed by atoms with Crippen LogP contribution >= 0.6 is 0 Å². The number of hydrogen-bond acceptors (Lipinski definition) is 2. The Kier molecular flexibility index (Phi) is 4.40. The fraction of sp³-hybridized carbons (Fsp3) is 0.900. The molecule has 0 amide bonds. The number of carboxylic acid groups (broad SMARTS) is 1. The lowest BCUT2D eigenvalue weighted by molar-refractivity contribution is -0.142. The van der Waals surface area contributed by atoms with Crippen LogP contribution in [0.1, 0.15) is 40.5 Å². The van der Waals surface area contributed by atoms with E-state index in [0.717, 1.165) is 12.8 Å². The van der Waals surface area contributed by atoms with Crippen molar-refractivity contribution in [2.75, 3.05) is 0 Å². The van der Waals surface area contributed by atoms with E-state index in [1.807, 2.05) is 13.8 Å². The van der Waals surface area contributed by atoms with E-state index in [-0.39, 0.29) is 5.41 Å². The van der Waals surface area contributed by atoms with Crippen molar-refractivity contribution in [1.82, 2.24) is 0 Å². The van der Waals surface area contributed by atoms with Crippen molar-refractivity contribution in [1.29, 1.82) is 0 Å². The van der Waals surface area contributed by atoms with Gasteiger partial charge in [-0.1, -0.05) is 40.5 Å². The summed E-state index contributed by atoms with van der Waals surface area (Å²) < 4.78 is 0. The third-order valence-electron chi connectivity index (χ3n) is 3.06. The largest absolute Gasteiger partial charge is 0.480 e. The maximum Gasteiger partial charge on any atom is 0.321 e. The SMILES string of the molecule is CCCC(C)C(C)(C)C(N)C(=O)O. The smallest absolute Gasteiger partial charge is 0.321 e. The van der Waals surface area contributed by atoms with E-state index in [2.05, 4.69) is 13.8 Å². The lowest BCUT2D eigenvalue weighted by Crippen LogP contribution is -2.47. The van der Waals surface area contributed by atoms with Crippen molar-refractivity contribution in [2.45, 2.75) is 46.6 Å². The Hall–Kier alpha value is -0.570. The predicted molar refractivity (Wildman–Crippen MR) is 53.5 cm³/mol. The van der Waals surface area contributed by atoms with E-state index in [0.29, 0.717) is 5.92 Å². The van der Waals surface area contributed by atoms with Crippen LogP contribution in [0.4, 0.5) is 0 Å². The van der Waals surface area contributed by atoms with Crippen LogP contribution in [-0.4, -0.2) is 17.1 Å². The molecule has 0 aliphatic rings. The molecule has 0 spiro atoms. The van der Waals surface area contributed by atoms with E-state index in [9.17, 15) is 4.79 Å². The van der Waals surface area contributed by atoms with E-state index in [4.69, 9.17) is 10.8 Å². The zero-order chi connectivity index (χ0) is 10.6. The summed E-state index contributed by atoms with van der Waals surface area (Å²) in [5.74, 6) is -0.573. The van der Waals surface area contributed by atoms with Gasteiger partial charge in [-0.15, -0.1) is 0 Å². The molecule has 13 heavy (non-hydrogen) atoms. The van der Waals surface area contributed by atoms with Crippen molar-refractivity contribution in [3.05, 3.63) is 0 Å². The maximum absolute atomic E-state index is 10.7. The van der Waals surface area contributed by atoms with E-state index in [1.165, 1.54) is 0 Å². The molecule has 78 valence electrons. The van der Waals surface area contributed by atoms with Crippen LogP contribution in [0.3, 0.4) is 0 Å². The molecule has 3 heteroatoms. The summed E-state index contributed by atoms with van der Waals surface area (Å²) in [6.45, 7) is 8.00. The van der Waals surface area contributed by atoms with Gasteiger partial charge in [0.15, 0.2) is 0 Å². The van der Waals surface area contributed by atoms with Gasteiger partial charge in [-0.05, 0) is 11.3 Å². The number of rotatable bonds is 5. The van der Waals surface area contributed by atoms with Crippen LogP contribution in [-0.2, 0) is 4.79 Å². The van der Waals surface area contributed by atoms with Crippen molar-refractivity contribution in [2.24, 2.45) is 17.1 Å². The Balaban J connectivity index is 4.44. The standard InChI is InChI=1S/C10H21NO2/c1-5-6-7(2)10(3,4)8(11)9(12)13/h7-8H,5-6,11H2,1-4H3,(H,12,13). The monoisotopic (exact) mass is 187 g/mol. The molecule has 0 saturated carbocycles. The minimum atomic E-state index is -0.909. The van der Waals surface area contributed by atoms with Crippen molar-refractivity contribution in [3.63, 3.8) is 0 Å². The molecule has 0 radical (unpaired) electrons. The minimum absolute atomic E-state index is 0.332. The zero-order valence-electron chi connectivity index (χ0n) is 9.00. The highest BCUT2D eigenvalue weighted by Crippen LogP contribution is 2.32. The molecule has 3 nitrogen and oxygen atoms in total. The van der Waals surface area contributed by atoms with Gasteiger partial charge in [-0.2, -0.15) is 0 Å². The summed E-state index contributed by atoms with van der Waals surface area (Å²) >= 11 is 0. The molecule has 0 saturated heterocycles. The molecule has 0 aliphatic heterocycles. The molecule has 0 rings (SSSR count). The first-order valence-corrected chi connectivity index (χ1v) is 4.82. The number of nitrogens with two attached hydrogens (primary N) is 1. The van der Waals surface area contributed by atoms with Crippen LogP contribution < -0.4 is 5.73 Å². The summed E-state index contributed by atoms with van der Waals surface area (Å²) in [5, 5.41) is 8.81. The molecule has 0 bridgehead atoms. The van der Waals surface area contributed by atoms with E-state index in [1.54, 1.807) is 0 Å². The van der Waals surface area contributed by atoms with Crippen LogP contribution in [0.15, 0.2) is 0 Å².